The van der Waals surface area contributed by atoms with Crippen LogP contribution in [0.15, 0.2) is 66.0 Å². The lowest BCUT2D eigenvalue weighted by molar-refractivity contribution is -0.131. The van der Waals surface area contributed by atoms with Crippen molar-refractivity contribution in [3.8, 4) is 5.75 Å². The van der Waals surface area contributed by atoms with Gasteiger partial charge in [-0.15, -0.1) is 11.3 Å². The van der Waals surface area contributed by atoms with E-state index in [2.05, 4.69) is 16.3 Å². The van der Waals surface area contributed by atoms with Crippen molar-refractivity contribution in [1.82, 2.24) is 4.90 Å². The summed E-state index contributed by atoms with van der Waals surface area (Å²) >= 11 is 1.63. The quantitative estimate of drug-likeness (QED) is 0.654. The molecule has 1 amide bonds. The van der Waals surface area contributed by atoms with Crippen LogP contribution < -0.4 is 10.1 Å². The highest BCUT2D eigenvalue weighted by atomic mass is 32.1. The normalized spacial score (nSPS) is 29.7. The third kappa shape index (κ3) is 1.91. The van der Waals surface area contributed by atoms with Crippen LogP contribution >= 0.6 is 11.3 Å². The Labute approximate surface area is 178 Å². The number of rotatable bonds is 1. The molecule has 3 aliphatic rings. The first-order valence-electron chi connectivity index (χ1n) is 10.0. The number of nitrogens with zero attached hydrogens (tertiary/aromatic N) is 1. The lowest BCUT2D eigenvalue weighted by atomic mass is 9.58. The summed E-state index contributed by atoms with van der Waals surface area (Å²) in [6.07, 6.45) is 0. The third-order valence-corrected chi connectivity index (χ3v) is 8.03. The van der Waals surface area contributed by atoms with E-state index in [0.29, 0.717) is 17.9 Å². The van der Waals surface area contributed by atoms with E-state index in [1.807, 2.05) is 67.0 Å². The summed E-state index contributed by atoms with van der Waals surface area (Å²) in [6.45, 7) is 0.761. The zero-order valence-corrected chi connectivity index (χ0v) is 17.2. The van der Waals surface area contributed by atoms with Crippen LogP contribution in [-0.2, 0) is 10.3 Å². The van der Waals surface area contributed by atoms with E-state index in [9.17, 15) is 9.59 Å². The number of ketones is 1. The number of ether oxygens (including phenoxy) is 1. The van der Waals surface area contributed by atoms with Crippen LogP contribution in [0.5, 0.6) is 5.75 Å². The van der Waals surface area contributed by atoms with E-state index in [1.54, 1.807) is 11.3 Å². The molecule has 0 unspecified atom stereocenters. The van der Waals surface area contributed by atoms with Gasteiger partial charge in [0, 0.05) is 28.6 Å². The fourth-order valence-electron chi connectivity index (χ4n) is 5.85. The number of benzene rings is 2. The smallest absolute Gasteiger partial charge is 0.250 e. The third-order valence-electron chi connectivity index (χ3n) is 7.04. The van der Waals surface area contributed by atoms with Crippen LogP contribution in [-0.4, -0.2) is 36.8 Å². The number of Topliss-reactive ketones (excluding diaryl/α,β-unsaturated/α-hetero) is 1. The topological polar surface area (TPSA) is 58.6 Å². The van der Waals surface area contributed by atoms with Gasteiger partial charge in [-0.2, -0.15) is 0 Å². The van der Waals surface area contributed by atoms with Gasteiger partial charge in [-0.05, 0) is 36.7 Å². The van der Waals surface area contributed by atoms with E-state index >= 15 is 0 Å². The van der Waals surface area contributed by atoms with Crippen molar-refractivity contribution in [2.45, 2.75) is 11.5 Å². The van der Waals surface area contributed by atoms with Crippen molar-refractivity contribution in [1.29, 1.82) is 0 Å². The molecule has 6 rings (SSSR count). The molecular weight excluding hydrogens is 396 g/mol. The van der Waals surface area contributed by atoms with Crippen molar-refractivity contribution < 1.29 is 14.3 Å². The largest absolute Gasteiger partial charge is 0.492 e. The van der Waals surface area contributed by atoms with Gasteiger partial charge < -0.3 is 10.1 Å². The summed E-state index contributed by atoms with van der Waals surface area (Å²) in [7, 11) is 1.95. The number of carbonyl (C=O) groups excluding carboxylic acids is 2. The van der Waals surface area contributed by atoms with Gasteiger partial charge in [0.2, 0.25) is 0 Å². The standard InChI is InChI=1S/C24H20N2O3S/c1-26-13-17(20-11-6-12-30-20)23(14-29-19-10-5-2-7-15(19)21(23)27)24(26)16-8-3-4-9-18(16)25-22(24)28/h2-12,17H,13-14H2,1H3,(H,25,28)/t17-,23+,24+/m0/s1. The number of para-hydroxylation sites is 2. The summed E-state index contributed by atoms with van der Waals surface area (Å²) in [5.74, 6) is 0.273. The first-order valence-corrected chi connectivity index (χ1v) is 10.9. The number of likely N-dealkylation sites (N-methyl/N-ethyl adjacent to an activating group) is 1. The summed E-state index contributed by atoms with van der Waals surface area (Å²) in [4.78, 5) is 31.2. The Morgan fingerprint density at radius 2 is 1.87 bits per heavy atom. The Morgan fingerprint density at radius 1 is 1.07 bits per heavy atom. The predicted molar refractivity (Wildman–Crippen MR) is 115 cm³/mol. The Bertz CT molecular complexity index is 1190. The van der Waals surface area contributed by atoms with Gasteiger partial charge in [0.05, 0.1) is 5.56 Å². The van der Waals surface area contributed by atoms with E-state index in [1.165, 1.54) is 0 Å². The van der Waals surface area contributed by atoms with Crippen molar-refractivity contribution in [2.24, 2.45) is 5.41 Å². The minimum absolute atomic E-state index is 0.0149. The number of thiophene rings is 1. The number of fused-ring (bicyclic) bond motifs is 4. The van der Waals surface area contributed by atoms with Gasteiger partial charge in [-0.1, -0.05) is 36.4 Å². The number of anilines is 1. The summed E-state index contributed by atoms with van der Waals surface area (Å²) in [5, 5.41) is 5.08. The highest BCUT2D eigenvalue weighted by molar-refractivity contribution is 7.10. The Hall–Kier alpha value is -2.96. The zero-order chi connectivity index (χ0) is 20.5. The molecule has 1 N–H and O–H groups in total. The van der Waals surface area contributed by atoms with Gasteiger partial charge in [0.25, 0.3) is 5.91 Å². The maximum absolute atomic E-state index is 14.3. The Balaban J connectivity index is 1.68. The molecule has 150 valence electrons. The summed E-state index contributed by atoms with van der Waals surface area (Å²) in [6, 6.07) is 19.2. The zero-order valence-electron chi connectivity index (χ0n) is 16.4. The van der Waals surface area contributed by atoms with Crippen molar-refractivity contribution in [3.05, 3.63) is 82.0 Å². The molecule has 0 aliphatic carbocycles. The van der Waals surface area contributed by atoms with E-state index < -0.39 is 11.0 Å². The number of hydrogen-bond acceptors (Lipinski definition) is 5. The average Bonchev–Trinajstić information content (AvgIpc) is 3.45. The number of likely N-dealkylation sites (tertiary alicyclic amines) is 1. The second kappa shape index (κ2) is 6.03. The lowest BCUT2D eigenvalue weighted by Crippen LogP contribution is -2.62. The lowest BCUT2D eigenvalue weighted by Gasteiger charge is -2.47. The number of carbonyl (C=O) groups is 2. The molecule has 5 nitrogen and oxygen atoms in total. The molecule has 4 heterocycles. The summed E-state index contributed by atoms with van der Waals surface area (Å²) in [5.41, 5.74) is -0.00203. The molecule has 6 heteroatoms. The molecule has 0 radical (unpaired) electrons. The molecule has 0 bridgehead atoms. The molecule has 3 atom stereocenters. The fourth-order valence-corrected chi connectivity index (χ4v) is 6.76. The molecule has 2 spiro atoms. The monoisotopic (exact) mass is 416 g/mol. The van der Waals surface area contributed by atoms with Crippen LogP contribution in [0.4, 0.5) is 5.69 Å². The van der Waals surface area contributed by atoms with Crippen LogP contribution in [0.2, 0.25) is 0 Å². The second-order valence-corrected chi connectivity index (χ2v) is 9.22. The Morgan fingerprint density at radius 3 is 2.70 bits per heavy atom. The molecule has 3 aromatic rings. The fraction of sp³-hybridized carbons (Fsp3) is 0.250. The van der Waals surface area contributed by atoms with Gasteiger partial charge in [-0.25, -0.2) is 0 Å². The van der Waals surface area contributed by atoms with E-state index in [0.717, 1.165) is 16.1 Å². The highest BCUT2D eigenvalue weighted by Crippen LogP contribution is 2.64. The maximum atomic E-state index is 14.3. The van der Waals surface area contributed by atoms with Gasteiger partial charge in [0.15, 0.2) is 5.78 Å². The second-order valence-electron chi connectivity index (χ2n) is 8.24. The maximum Gasteiger partial charge on any atom is 0.250 e. The molecular formula is C24H20N2O3S. The number of nitrogens with one attached hydrogen (secondary N) is 1. The highest BCUT2D eigenvalue weighted by Gasteiger charge is 2.75. The molecule has 0 saturated carbocycles. The molecule has 30 heavy (non-hydrogen) atoms. The molecule has 1 aromatic heterocycles. The van der Waals surface area contributed by atoms with Gasteiger partial charge in [0.1, 0.15) is 23.3 Å². The van der Waals surface area contributed by atoms with Crippen LogP contribution in [0.3, 0.4) is 0 Å². The number of hydrogen-bond donors (Lipinski definition) is 1. The van der Waals surface area contributed by atoms with Gasteiger partial charge >= 0.3 is 0 Å². The molecule has 1 saturated heterocycles. The SMILES string of the molecule is CN1C[C@@H](c2cccs2)[C@@]2(COc3ccccc3C2=O)[C@@]12C(=O)Nc1ccccc12. The van der Waals surface area contributed by atoms with Crippen LogP contribution in [0.25, 0.3) is 0 Å². The van der Waals surface area contributed by atoms with Crippen LogP contribution in [0.1, 0.15) is 26.7 Å². The Kier molecular flexibility index (Phi) is 3.59. The van der Waals surface area contributed by atoms with Crippen LogP contribution in [0, 0.1) is 5.41 Å². The van der Waals surface area contributed by atoms with E-state index in [4.69, 9.17) is 4.74 Å². The molecule has 2 aromatic carbocycles. The molecule has 1 fully saturated rings. The number of amides is 1. The minimum Gasteiger partial charge on any atom is -0.492 e. The van der Waals surface area contributed by atoms with Crippen molar-refractivity contribution >= 4 is 28.7 Å². The van der Waals surface area contributed by atoms with Crippen molar-refractivity contribution in [3.63, 3.8) is 0 Å². The van der Waals surface area contributed by atoms with E-state index in [-0.39, 0.29) is 24.2 Å². The molecule has 3 aliphatic heterocycles. The summed E-state index contributed by atoms with van der Waals surface area (Å²) < 4.78 is 6.24. The minimum atomic E-state index is -1.12. The predicted octanol–water partition coefficient (Wildman–Crippen LogP) is 3.89. The first-order chi connectivity index (χ1) is 14.6. The average molecular weight is 417 g/mol. The van der Waals surface area contributed by atoms with Gasteiger partial charge in [-0.3, -0.25) is 14.5 Å². The first kappa shape index (κ1) is 17.9. The van der Waals surface area contributed by atoms with Crippen molar-refractivity contribution in [2.75, 3.05) is 25.5 Å².